The minimum atomic E-state index is -0.547. The van der Waals surface area contributed by atoms with Crippen LogP contribution in [0, 0.1) is 11.3 Å². The fourth-order valence-corrected chi connectivity index (χ4v) is 1.36. The smallest absolute Gasteiger partial charge is 0.408 e. The highest BCUT2D eigenvalue weighted by Gasteiger charge is 2.10. The first-order valence-corrected chi connectivity index (χ1v) is 5.63. The summed E-state index contributed by atoms with van der Waals surface area (Å²) in [5, 5.41) is 11.3. The number of carbonyl (C=O) groups excluding carboxylic acids is 1. The van der Waals surface area contributed by atoms with Crippen LogP contribution < -0.4 is 5.32 Å². The van der Waals surface area contributed by atoms with E-state index in [4.69, 9.17) is 10.00 Å². The highest BCUT2D eigenvalue weighted by molar-refractivity contribution is 5.68. The summed E-state index contributed by atoms with van der Waals surface area (Å²) in [6, 6.07) is 11.0. The number of nitrogens with one attached hydrogen (secondary N) is 1. The highest BCUT2D eigenvalue weighted by Crippen LogP contribution is 2.01. The van der Waals surface area contributed by atoms with Gasteiger partial charge in [0.1, 0.15) is 12.6 Å². The van der Waals surface area contributed by atoms with E-state index in [0.29, 0.717) is 6.42 Å². The van der Waals surface area contributed by atoms with E-state index >= 15 is 0 Å². The maximum atomic E-state index is 11.4. The van der Waals surface area contributed by atoms with Gasteiger partial charge in [-0.1, -0.05) is 43.7 Å². The van der Waals surface area contributed by atoms with Crippen molar-refractivity contribution in [1.29, 1.82) is 5.26 Å². The predicted octanol–water partition coefficient (Wildman–Crippen LogP) is 2.61. The Hall–Kier alpha value is -2.02. The van der Waals surface area contributed by atoms with Crippen LogP contribution in [0.2, 0.25) is 0 Å². The first-order valence-electron chi connectivity index (χ1n) is 5.63. The molecule has 0 heterocycles. The van der Waals surface area contributed by atoms with Crippen molar-refractivity contribution in [2.75, 3.05) is 0 Å². The monoisotopic (exact) mass is 232 g/mol. The van der Waals surface area contributed by atoms with Crippen molar-refractivity contribution >= 4 is 6.09 Å². The molecule has 1 amide bonds. The molecule has 0 saturated carbocycles. The van der Waals surface area contributed by atoms with Gasteiger partial charge in [-0.05, 0) is 12.0 Å². The van der Waals surface area contributed by atoms with Gasteiger partial charge in [-0.15, -0.1) is 0 Å². The van der Waals surface area contributed by atoms with Crippen molar-refractivity contribution in [3.8, 4) is 6.07 Å². The molecule has 0 saturated heterocycles. The lowest BCUT2D eigenvalue weighted by Gasteiger charge is -2.10. The van der Waals surface area contributed by atoms with Crippen molar-refractivity contribution in [3.05, 3.63) is 35.9 Å². The third-order valence-corrected chi connectivity index (χ3v) is 2.24. The average molecular weight is 232 g/mol. The van der Waals surface area contributed by atoms with Gasteiger partial charge in [-0.2, -0.15) is 5.26 Å². The molecular weight excluding hydrogens is 216 g/mol. The lowest BCUT2D eigenvalue weighted by atomic mass is 10.2. The maximum Gasteiger partial charge on any atom is 0.408 e. The summed E-state index contributed by atoms with van der Waals surface area (Å²) in [7, 11) is 0. The topological polar surface area (TPSA) is 62.1 Å². The van der Waals surface area contributed by atoms with Crippen LogP contribution in [-0.2, 0) is 11.3 Å². The summed E-state index contributed by atoms with van der Waals surface area (Å²) in [6.45, 7) is 2.18. The number of amides is 1. The van der Waals surface area contributed by atoms with E-state index in [1.807, 2.05) is 43.3 Å². The predicted molar refractivity (Wildman–Crippen MR) is 64.1 cm³/mol. The Labute approximate surface area is 101 Å². The van der Waals surface area contributed by atoms with E-state index in [2.05, 4.69) is 5.32 Å². The Morgan fingerprint density at radius 2 is 2.18 bits per heavy atom. The maximum absolute atomic E-state index is 11.4. The van der Waals surface area contributed by atoms with Gasteiger partial charge < -0.3 is 10.1 Å². The van der Waals surface area contributed by atoms with Crippen molar-refractivity contribution < 1.29 is 9.53 Å². The Morgan fingerprint density at radius 1 is 1.47 bits per heavy atom. The lowest BCUT2D eigenvalue weighted by Crippen LogP contribution is -2.33. The number of rotatable bonds is 5. The van der Waals surface area contributed by atoms with Crippen molar-refractivity contribution in [3.63, 3.8) is 0 Å². The highest BCUT2D eigenvalue weighted by atomic mass is 16.5. The van der Waals surface area contributed by atoms with E-state index < -0.39 is 12.1 Å². The van der Waals surface area contributed by atoms with Gasteiger partial charge in [0, 0.05) is 0 Å². The van der Waals surface area contributed by atoms with Gasteiger partial charge in [0.15, 0.2) is 0 Å². The SMILES string of the molecule is CCC[C@H](C#N)NC(=O)OCc1ccccc1. The number of carbonyl (C=O) groups is 1. The van der Waals surface area contributed by atoms with Gasteiger partial charge in [0.05, 0.1) is 6.07 Å². The molecule has 1 atom stereocenters. The molecule has 0 spiro atoms. The van der Waals surface area contributed by atoms with E-state index in [1.54, 1.807) is 0 Å². The molecular formula is C13H16N2O2. The number of alkyl carbamates (subject to hydrolysis) is 1. The van der Waals surface area contributed by atoms with Crippen LogP contribution in [0.3, 0.4) is 0 Å². The zero-order valence-electron chi connectivity index (χ0n) is 9.85. The van der Waals surface area contributed by atoms with Crippen LogP contribution >= 0.6 is 0 Å². The molecule has 0 aliphatic carbocycles. The van der Waals surface area contributed by atoms with Crippen molar-refractivity contribution in [2.24, 2.45) is 0 Å². The Bertz CT molecular complexity index is 384. The zero-order valence-corrected chi connectivity index (χ0v) is 9.85. The number of benzene rings is 1. The summed E-state index contributed by atoms with van der Waals surface area (Å²) in [5.41, 5.74) is 0.923. The molecule has 4 nitrogen and oxygen atoms in total. The summed E-state index contributed by atoms with van der Waals surface area (Å²) in [4.78, 5) is 11.4. The molecule has 1 aromatic carbocycles. The molecule has 0 aliphatic rings. The fourth-order valence-electron chi connectivity index (χ4n) is 1.36. The zero-order chi connectivity index (χ0) is 12.5. The number of nitriles is 1. The second-order valence-corrected chi connectivity index (χ2v) is 3.68. The summed E-state index contributed by atoms with van der Waals surface area (Å²) < 4.78 is 5.01. The summed E-state index contributed by atoms with van der Waals surface area (Å²) in [6.07, 6.45) is 0.933. The molecule has 0 bridgehead atoms. The van der Waals surface area contributed by atoms with Crippen molar-refractivity contribution in [2.45, 2.75) is 32.4 Å². The van der Waals surface area contributed by atoms with E-state index in [-0.39, 0.29) is 6.61 Å². The van der Waals surface area contributed by atoms with Crippen molar-refractivity contribution in [1.82, 2.24) is 5.32 Å². The van der Waals surface area contributed by atoms with Gasteiger partial charge >= 0.3 is 6.09 Å². The van der Waals surface area contributed by atoms with Crippen LogP contribution in [0.5, 0.6) is 0 Å². The molecule has 0 fully saturated rings. The largest absolute Gasteiger partial charge is 0.445 e. The molecule has 0 aromatic heterocycles. The number of nitrogens with zero attached hydrogens (tertiary/aromatic N) is 1. The number of hydrogen-bond acceptors (Lipinski definition) is 3. The van der Waals surface area contributed by atoms with Gasteiger partial charge in [-0.25, -0.2) is 4.79 Å². The standard InChI is InChI=1S/C13H16N2O2/c1-2-6-12(9-14)15-13(16)17-10-11-7-4-3-5-8-11/h3-5,7-8,12H,2,6,10H2,1H3,(H,15,16)/t12-/m1/s1. The molecule has 0 unspecified atom stereocenters. The van der Waals surface area contributed by atoms with Crippen LogP contribution in [-0.4, -0.2) is 12.1 Å². The normalized spacial score (nSPS) is 11.3. The molecule has 1 aromatic rings. The summed E-state index contributed by atoms with van der Waals surface area (Å²) in [5.74, 6) is 0. The van der Waals surface area contributed by atoms with Crippen LogP contribution in [0.1, 0.15) is 25.3 Å². The van der Waals surface area contributed by atoms with E-state index in [0.717, 1.165) is 12.0 Å². The lowest BCUT2D eigenvalue weighted by molar-refractivity contribution is 0.137. The van der Waals surface area contributed by atoms with Crippen LogP contribution in [0.15, 0.2) is 30.3 Å². The molecule has 0 radical (unpaired) electrons. The van der Waals surface area contributed by atoms with E-state index in [9.17, 15) is 4.79 Å². The van der Waals surface area contributed by atoms with Gasteiger partial charge in [-0.3, -0.25) is 0 Å². The Morgan fingerprint density at radius 3 is 2.76 bits per heavy atom. The summed E-state index contributed by atoms with van der Waals surface area (Å²) >= 11 is 0. The quantitative estimate of drug-likeness (QED) is 0.848. The molecule has 4 heteroatoms. The Balaban J connectivity index is 2.33. The first kappa shape index (κ1) is 13.0. The molecule has 17 heavy (non-hydrogen) atoms. The fraction of sp³-hybridized carbons (Fsp3) is 0.385. The molecule has 1 rings (SSSR count). The van der Waals surface area contributed by atoms with Gasteiger partial charge in [0.2, 0.25) is 0 Å². The second-order valence-electron chi connectivity index (χ2n) is 3.68. The minimum Gasteiger partial charge on any atom is -0.445 e. The number of ether oxygens (including phenoxy) is 1. The number of hydrogen-bond donors (Lipinski definition) is 1. The minimum absolute atomic E-state index is 0.219. The molecule has 0 aliphatic heterocycles. The van der Waals surface area contributed by atoms with Crippen LogP contribution in [0.25, 0.3) is 0 Å². The average Bonchev–Trinajstić information content (AvgIpc) is 2.37. The first-order chi connectivity index (χ1) is 8.26. The van der Waals surface area contributed by atoms with E-state index in [1.165, 1.54) is 0 Å². The third-order valence-electron chi connectivity index (χ3n) is 2.24. The van der Waals surface area contributed by atoms with Gasteiger partial charge in [0.25, 0.3) is 0 Å². The Kier molecular flexibility index (Phi) is 5.59. The third kappa shape index (κ3) is 5.03. The molecule has 1 N–H and O–H groups in total. The molecule has 90 valence electrons. The van der Waals surface area contributed by atoms with Crippen LogP contribution in [0.4, 0.5) is 4.79 Å². The second kappa shape index (κ2) is 7.29.